The Bertz CT molecular complexity index is 408. The van der Waals surface area contributed by atoms with Crippen LogP contribution in [0.5, 0.6) is 11.5 Å². The second-order valence-corrected chi connectivity index (χ2v) is 5.09. The Morgan fingerprint density at radius 2 is 2.05 bits per heavy atom. The van der Waals surface area contributed by atoms with Gasteiger partial charge in [-0.1, -0.05) is 6.07 Å². The van der Waals surface area contributed by atoms with Gasteiger partial charge in [0.15, 0.2) is 11.5 Å². The molecule has 1 aliphatic rings. The van der Waals surface area contributed by atoms with E-state index in [2.05, 4.69) is 11.0 Å². The Morgan fingerprint density at radius 3 is 2.74 bits per heavy atom. The highest BCUT2D eigenvalue weighted by atomic mass is 16.5. The van der Waals surface area contributed by atoms with Gasteiger partial charge in [0.05, 0.1) is 14.2 Å². The molecule has 1 atom stereocenters. The van der Waals surface area contributed by atoms with Gasteiger partial charge in [-0.3, -0.25) is 4.90 Å². The summed E-state index contributed by atoms with van der Waals surface area (Å²) in [6.45, 7) is 3.42. The first-order valence-corrected chi connectivity index (χ1v) is 6.81. The number of aliphatic hydroxyl groups excluding tert-OH is 1. The highest BCUT2D eigenvalue weighted by Gasteiger charge is 2.22. The van der Waals surface area contributed by atoms with Gasteiger partial charge in [0, 0.05) is 19.7 Å². The quantitative estimate of drug-likeness (QED) is 0.853. The number of aliphatic hydroxyl groups is 1. The summed E-state index contributed by atoms with van der Waals surface area (Å²) in [5, 5.41) is 8.98. The topological polar surface area (TPSA) is 41.9 Å². The molecule has 19 heavy (non-hydrogen) atoms. The fourth-order valence-electron chi connectivity index (χ4n) is 2.71. The second kappa shape index (κ2) is 6.78. The van der Waals surface area contributed by atoms with E-state index in [4.69, 9.17) is 14.6 Å². The summed E-state index contributed by atoms with van der Waals surface area (Å²) < 4.78 is 10.6. The smallest absolute Gasteiger partial charge is 0.161 e. The fraction of sp³-hybridized carbons (Fsp3) is 0.600. The van der Waals surface area contributed by atoms with E-state index in [-0.39, 0.29) is 0 Å². The van der Waals surface area contributed by atoms with Gasteiger partial charge in [-0.25, -0.2) is 0 Å². The Labute approximate surface area is 114 Å². The molecule has 0 radical (unpaired) electrons. The first-order valence-electron chi connectivity index (χ1n) is 6.81. The fourth-order valence-corrected chi connectivity index (χ4v) is 2.71. The number of benzene rings is 1. The first-order chi connectivity index (χ1) is 9.26. The van der Waals surface area contributed by atoms with Crippen molar-refractivity contribution in [1.29, 1.82) is 0 Å². The number of hydrogen-bond acceptors (Lipinski definition) is 4. The van der Waals surface area contributed by atoms with Crippen molar-refractivity contribution in [3.63, 3.8) is 0 Å². The lowest BCUT2D eigenvalue weighted by molar-refractivity contribution is 0.249. The lowest BCUT2D eigenvalue weighted by Gasteiger charge is -2.17. The van der Waals surface area contributed by atoms with Gasteiger partial charge in [0.25, 0.3) is 0 Å². The molecule has 4 nitrogen and oxygen atoms in total. The summed E-state index contributed by atoms with van der Waals surface area (Å²) in [4.78, 5) is 2.43. The van der Waals surface area contributed by atoms with Crippen LogP contribution in [0.25, 0.3) is 0 Å². The molecule has 2 rings (SSSR count). The highest BCUT2D eigenvalue weighted by molar-refractivity contribution is 5.42. The minimum absolute atomic E-state index is 0.300. The normalized spacial score (nSPS) is 19.6. The van der Waals surface area contributed by atoms with Crippen LogP contribution in [0.2, 0.25) is 0 Å². The maximum Gasteiger partial charge on any atom is 0.161 e. The standard InChI is InChI=1S/C15H23NO3/c1-18-14-4-3-13(9-15(14)19-2)11-16-7-5-12(10-16)6-8-17/h3-4,9,12,17H,5-8,10-11H2,1-2H3. The molecule has 1 unspecified atom stereocenters. The molecule has 1 aromatic rings. The van der Waals surface area contributed by atoms with Crippen LogP contribution in [0, 0.1) is 5.92 Å². The summed E-state index contributed by atoms with van der Waals surface area (Å²) in [5.41, 5.74) is 1.24. The van der Waals surface area contributed by atoms with Crippen LogP contribution in [0.4, 0.5) is 0 Å². The van der Waals surface area contributed by atoms with Crippen molar-refractivity contribution in [2.24, 2.45) is 5.92 Å². The van der Waals surface area contributed by atoms with Crippen molar-refractivity contribution >= 4 is 0 Å². The zero-order valence-electron chi connectivity index (χ0n) is 11.8. The van der Waals surface area contributed by atoms with Crippen molar-refractivity contribution in [1.82, 2.24) is 4.90 Å². The molecule has 1 saturated heterocycles. The van der Waals surface area contributed by atoms with E-state index < -0.39 is 0 Å². The average molecular weight is 265 g/mol. The average Bonchev–Trinajstić information content (AvgIpc) is 2.86. The van der Waals surface area contributed by atoms with Gasteiger partial charge in [-0.05, 0) is 43.0 Å². The second-order valence-electron chi connectivity index (χ2n) is 5.09. The van der Waals surface area contributed by atoms with Crippen LogP contribution in [-0.4, -0.2) is 43.9 Å². The van der Waals surface area contributed by atoms with E-state index in [0.717, 1.165) is 37.6 Å². The summed E-state index contributed by atoms with van der Waals surface area (Å²) in [6.07, 6.45) is 2.11. The van der Waals surface area contributed by atoms with Crippen LogP contribution >= 0.6 is 0 Å². The lowest BCUT2D eigenvalue weighted by atomic mass is 10.1. The van der Waals surface area contributed by atoms with Crippen molar-refractivity contribution in [2.45, 2.75) is 19.4 Å². The summed E-state index contributed by atoms with van der Waals surface area (Å²) in [6, 6.07) is 6.08. The molecular formula is C15H23NO3. The van der Waals surface area contributed by atoms with E-state index in [0.29, 0.717) is 12.5 Å². The lowest BCUT2D eigenvalue weighted by Crippen LogP contribution is -2.20. The minimum Gasteiger partial charge on any atom is -0.493 e. The van der Waals surface area contributed by atoms with E-state index in [1.807, 2.05) is 12.1 Å². The van der Waals surface area contributed by atoms with Crippen LogP contribution in [0.1, 0.15) is 18.4 Å². The monoisotopic (exact) mass is 265 g/mol. The van der Waals surface area contributed by atoms with Crippen molar-refractivity contribution in [3.8, 4) is 11.5 Å². The van der Waals surface area contributed by atoms with Crippen LogP contribution < -0.4 is 9.47 Å². The van der Waals surface area contributed by atoms with Crippen LogP contribution in [0.3, 0.4) is 0 Å². The predicted molar refractivity (Wildman–Crippen MR) is 74.6 cm³/mol. The van der Waals surface area contributed by atoms with Gasteiger partial charge < -0.3 is 14.6 Å². The predicted octanol–water partition coefficient (Wildman–Crippen LogP) is 1.91. The van der Waals surface area contributed by atoms with E-state index in [1.54, 1.807) is 14.2 Å². The van der Waals surface area contributed by atoms with Crippen LogP contribution in [-0.2, 0) is 6.54 Å². The molecule has 0 saturated carbocycles. The van der Waals surface area contributed by atoms with Crippen molar-refractivity contribution in [2.75, 3.05) is 33.9 Å². The Morgan fingerprint density at radius 1 is 1.26 bits per heavy atom. The molecule has 4 heteroatoms. The summed E-state index contributed by atoms with van der Waals surface area (Å²) >= 11 is 0. The zero-order valence-corrected chi connectivity index (χ0v) is 11.8. The molecule has 1 heterocycles. The van der Waals surface area contributed by atoms with E-state index in [1.165, 1.54) is 12.0 Å². The van der Waals surface area contributed by atoms with Crippen molar-refractivity contribution < 1.29 is 14.6 Å². The summed E-state index contributed by atoms with van der Waals surface area (Å²) in [7, 11) is 3.31. The first kappa shape index (κ1) is 14.2. The van der Waals surface area contributed by atoms with E-state index in [9.17, 15) is 0 Å². The van der Waals surface area contributed by atoms with Crippen LogP contribution in [0.15, 0.2) is 18.2 Å². The molecule has 0 bridgehead atoms. The molecule has 106 valence electrons. The van der Waals surface area contributed by atoms with Gasteiger partial charge in [-0.2, -0.15) is 0 Å². The molecule has 0 aliphatic carbocycles. The molecular weight excluding hydrogens is 242 g/mol. The third-order valence-electron chi connectivity index (χ3n) is 3.76. The molecule has 0 spiro atoms. The third-order valence-corrected chi connectivity index (χ3v) is 3.76. The molecule has 1 aromatic carbocycles. The molecule has 1 N–H and O–H groups in total. The third kappa shape index (κ3) is 3.61. The molecule has 1 fully saturated rings. The molecule has 0 aromatic heterocycles. The van der Waals surface area contributed by atoms with Crippen molar-refractivity contribution in [3.05, 3.63) is 23.8 Å². The Kier molecular flexibility index (Phi) is 5.05. The Hall–Kier alpha value is -1.26. The minimum atomic E-state index is 0.300. The summed E-state index contributed by atoms with van der Waals surface area (Å²) in [5.74, 6) is 2.20. The SMILES string of the molecule is COc1ccc(CN2CCC(CCO)C2)cc1OC. The maximum atomic E-state index is 8.98. The van der Waals surface area contributed by atoms with Gasteiger partial charge in [0.2, 0.25) is 0 Å². The van der Waals surface area contributed by atoms with Gasteiger partial charge in [0.1, 0.15) is 0 Å². The van der Waals surface area contributed by atoms with Gasteiger partial charge >= 0.3 is 0 Å². The highest BCUT2D eigenvalue weighted by Crippen LogP contribution is 2.29. The number of hydrogen-bond donors (Lipinski definition) is 1. The van der Waals surface area contributed by atoms with Gasteiger partial charge in [-0.15, -0.1) is 0 Å². The number of likely N-dealkylation sites (tertiary alicyclic amines) is 1. The number of rotatable bonds is 6. The Balaban J connectivity index is 1.96. The molecule has 0 amide bonds. The number of methoxy groups -OCH3 is 2. The number of nitrogens with zero attached hydrogens (tertiary/aromatic N) is 1. The number of ether oxygens (including phenoxy) is 2. The largest absolute Gasteiger partial charge is 0.493 e. The molecule has 1 aliphatic heterocycles. The van der Waals surface area contributed by atoms with E-state index >= 15 is 0 Å². The maximum absolute atomic E-state index is 8.98. The zero-order chi connectivity index (χ0) is 13.7.